The van der Waals surface area contributed by atoms with Gasteiger partial charge in [0, 0.05) is 49.1 Å². The number of carbonyl (C=O) groups is 2. The van der Waals surface area contributed by atoms with Crippen molar-refractivity contribution in [1.82, 2.24) is 15.6 Å². The van der Waals surface area contributed by atoms with Crippen molar-refractivity contribution >= 4 is 22.6 Å². The molecule has 0 unspecified atom stereocenters. The number of fused-ring (bicyclic) bond motifs is 5. The van der Waals surface area contributed by atoms with Crippen LogP contribution in [0.5, 0.6) is 0 Å². The van der Waals surface area contributed by atoms with E-state index in [9.17, 15) is 14.0 Å². The van der Waals surface area contributed by atoms with Gasteiger partial charge >= 0.3 is 0 Å². The molecule has 0 bridgehead atoms. The fraction of sp³-hybridized carbons (Fsp3) is 0.600. The van der Waals surface area contributed by atoms with Crippen LogP contribution in [0.3, 0.4) is 0 Å². The molecule has 0 saturated heterocycles. The number of benzene rings is 2. The van der Waals surface area contributed by atoms with Crippen molar-refractivity contribution in [2.45, 2.75) is 97.1 Å². The van der Waals surface area contributed by atoms with Gasteiger partial charge in [0.15, 0.2) is 0 Å². The molecule has 1 aliphatic heterocycles. The van der Waals surface area contributed by atoms with Crippen LogP contribution in [0, 0.1) is 40.3 Å². The molecule has 3 aromatic rings. The molecule has 4 saturated carbocycles. The van der Waals surface area contributed by atoms with Gasteiger partial charge in [-0.05, 0) is 128 Å². The number of rotatable bonds is 8. The summed E-state index contributed by atoms with van der Waals surface area (Å²) in [6.07, 6.45) is 12.5. The van der Waals surface area contributed by atoms with Crippen molar-refractivity contribution in [2.24, 2.45) is 34.5 Å². The Labute approximate surface area is 278 Å². The Morgan fingerprint density at radius 3 is 2.64 bits per heavy atom. The number of hydrogen-bond acceptors (Lipinski definition) is 4. The molecular formula is C40H50FN3O3. The molecule has 0 radical (unpaired) electrons. The van der Waals surface area contributed by atoms with E-state index in [0.29, 0.717) is 52.7 Å². The van der Waals surface area contributed by atoms with E-state index in [2.05, 4.69) is 53.7 Å². The van der Waals surface area contributed by atoms with Crippen molar-refractivity contribution in [3.8, 4) is 11.3 Å². The summed E-state index contributed by atoms with van der Waals surface area (Å²) in [5, 5.41) is 7.33. The van der Waals surface area contributed by atoms with Crippen LogP contribution in [0.2, 0.25) is 0 Å². The number of aromatic nitrogens is 1. The Kier molecular flexibility index (Phi) is 8.07. The minimum Gasteiger partial charge on any atom is -0.378 e. The van der Waals surface area contributed by atoms with Gasteiger partial charge in [-0.15, -0.1) is 0 Å². The molecule has 2 aromatic carbocycles. The Morgan fingerprint density at radius 2 is 1.79 bits per heavy atom. The summed E-state index contributed by atoms with van der Waals surface area (Å²) in [5.41, 5.74) is 6.04. The smallest absolute Gasteiger partial charge is 0.252 e. The van der Waals surface area contributed by atoms with Crippen LogP contribution in [-0.4, -0.2) is 42.5 Å². The molecule has 47 heavy (non-hydrogen) atoms. The summed E-state index contributed by atoms with van der Waals surface area (Å²) in [5.74, 6) is 2.89. The Morgan fingerprint density at radius 1 is 0.957 bits per heavy atom. The van der Waals surface area contributed by atoms with Crippen molar-refractivity contribution in [3.05, 3.63) is 58.9 Å². The van der Waals surface area contributed by atoms with Gasteiger partial charge in [0.25, 0.3) is 5.91 Å². The second-order valence-electron chi connectivity index (χ2n) is 16.0. The van der Waals surface area contributed by atoms with Crippen LogP contribution in [0.15, 0.2) is 36.4 Å². The number of aromatic amines is 1. The van der Waals surface area contributed by atoms with E-state index < -0.39 is 5.82 Å². The lowest BCUT2D eigenvalue weighted by atomic mass is 9.45. The van der Waals surface area contributed by atoms with Crippen molar-refractivity contribution in [2.75, 3.05) is 19.7 Å². The first-order chi connectivity index (χ1) is 22.7. The highest BCUT2D eigenvalue weighted by Gasteiger charge is 2.60. The van der Waals surface area contributed by atoms with Gasteiger partial charge in [-0.2, -0.15) is 0 Å². The highest BCUT2D eigenvalue weighted by atomic mass is 19.1. The molecule has 0 spiro atoms. The molecule has 6 nitrogen and oxygen atoms in total. The highest BCUT2D eigenvalue weighted by molar-refractivity contribution is 6.10. The second-order valence-corrected chi connectivity index (χ2v) is 16.0. The topological polar surface area (TPSA) is 83.2 Å². The zero-order valence-corrected chi connectivity index (χ0v) is 28.1. The molecule has 1 aromatic heterocycles. The molecule has 3 N–H and O–H groups in total. The maximum atomic E-state index is 14.3. The van der Waals surface area contributed by atoms with Gasteiger partial charge in [0.1, 0.15) is 11.6 Å². The van der Waals surface area contributed by atoms with Crippen molar-refractivity contribution in [3.63, 3.8) is 0 Å². The molecule has 7 atom stereocenters. The van der Waals surface area contributed by atoms with Gasteiger partial charge in [0.05, 0.1) is 11.7 Å². The van der Waals surface area contributed by atoms with Crippen LogP contribution in [0.1, 0.15) is 99.5 Å². The second kappa shape index (κ2) is 12.1. The Bertz CT molecular complexity index is 1680. The molecule has 4 fully saturated rings. The average molecular weight is 640 g/mol. The third kappa shape index (κ3) is 5.36. The molecule has 7 heteroatoms. The summed E-state index contributed by atoms with van der Waals surface area (Å²) in [7, 11) is 0. The highest BCUT2D eigenvalue weighted by Crippen LogP contribution is 2.66. The van der Waals surface area contributed by atoms with E-state index in [1.165, 1.54) is 56.2 Å². The predicted octanol–water partition coefficient (Wildman–Crippen LogP) is 7.74. The first kappa shape index (κ1) is 31.3. The summed E-state index contributed by atoms with van der Waals surface area (Å²) >= 11 is 0. The summed E-state index contributed by atoms with van der Waals surface area (Å²) < 4.78 is 20.9. The maximum Gasteiger partial charge on any atom is 0.252 e. The first-order valence-corrected chi connectivity index (χ1v) is 18.3. The largest absolute Gasteiger partial charge is 0.378 e. The van der Waals surface area contributed by atoms with E-state index in [4.69, 9.17) is 4.74 Å². The standard InChI is InChI=1S/C40H50FN3O3/c1-39-15-12-28(45)20-26(39)8-9-29-32-10-11-35(40(32,2)16-13-33(29)39)47-19-3-17-42-23-24-4-6-25(7-5-24)37-30-14-18-43-38(46)31-21-27(41)22-34(44-37)36(30)31/h4-7,21-22,26,29,32-33,35,42,44H,3,8-20,23H2,1-2H3,(H,43,46)/t26-,29-,32-,33-,35-,39-,40-/m0/s1. The van der Waals surface area contributed by atoms with Crippen LogP contribution in [0.4, 0.5) is 4.39 Å². The quantitative estimate of drug-likeness (QED) is 0.220. The fourth-order valence-corrected chi connectivity index (χ4v) is 11.2. The Balaban J connectivity index is 0.827. The van der Waals surface area contributed by atoms with Gasteiger partial charge in [-0.25, -0.2) is 4.39 Å². The van der Waals surface area contributed by atoms with Crippen molar-refractivity contribution in [1.29, 1.82) is 0 Å². The predicted molar refractivity (Wildman–Crippen MR) is 183 cm³/mol. The van der Waals surface area contributed by atoms with Gasteiger partial charge < -0.3 is 20.4 Å². The monoisotopic (exact) mass is 639 g/mol. The zero-order valence-electron chi connectivity index (χ0n) is 28.1. The lowest BCUT2D eigenvalue weighted by molar-refractivity contribution is -0.145. The van der Waals surface area contributed by atoms with E-state index in [1.54, 1.807) is 0 Å². The summed E-state index contributed by atoms with van der Waals surface area (Å²) in [6.45, 7) is 8.12. The van der Waals surface area contributed by atoms with Crippen LogP contribution >= 0.6 is 0 Å². The molecule has 5 aliphatic rings. The normalized spacial score (nSPS) is 33.2. The molecule has 8 rings (SSSR count). The maximum absolute atomic E-state index is 14.3. The summed E-state index contributed by atoms with van der Waals surface area (Å²) in [6, 6.07) is 11.3. The number of hydrogen-bond donors (Lipinski definition) is 3. The number of ether oxygens (including phenoxy) is 1. The molecule has 4 aliphatic carbocycles. The van der Waals surface area contributed by atoms with E-state index >= 15 is 0 Å². The van der Waals surface area contributed by atoms with Gasteiger partial charge in [-0.3, -0.25) is 9.59 Å². The van der Waals surface area contributed by atoms with E-state index in [1.807, 2.05) is 0 Å². The molecular weight excluding hydrogens is 589 g/mol. The molecule has 1 amide bonds. The fourth-order valence-electron chi connectivity index (χ4n) is 11.2. The van der Waals surface area contributed by atoms with E-state index in [0.717, 1.165) is 85.3 Å². The van der Waals surface area contributed by atoms with E-state index in [-0.39, 0.29) is 5.91 Å². The number of H-pyrrole nitrogens is 1. The lowest BCUT2D eigenvalue weighted by Gasteiger charge is -2.60. The van der Waals surface area contributed by atoms with Gasteiger partial charge in [0.2, 0.25) is 0 Å². The zero-order chi connectivity index (χ0) is 32.3. The summed E-state index contributed by atoms with van der Waals surface area (Å²) in [4.78, 5) is 28.2. The lowest BCUT2D eigenvalue weighted by Crippen LogP contribution is -2.54. The number of ketones is 1. The van der Waals surface area contributed by atoms with Gasteiger partial charge in [-0.1, -0.05) is 38.1 Å². The number of Topliss-reactive ketones (excluding diaryl/α,β-unsaturated/α-hetero) is 1. The minimum absolute atomic E-state index is 0.217. The molecule has 2 heterocycles. The number of amides is 1. The number of halogens is 1. The molecule has 250 valence electrons. The Hall–Kier alpha value is -3.03. The third-order valence-electron chi connectivity index (χ3n) is 13.7. The first-order valence-electron chi connectivity index (χ1n) is 18.3. The minimum atomic E-state index is -0.406. The SMILES string of the molecule is C[C@]12CCC(=O)C[C@@H]1CC[C@@H]1[C@@H]2CC[C@]2(C)[C@@H](OCCCNCc3ccc(-c4[nH]c5cc(F)cc6c5c4CCNC6=O)cc3)CC[C@@H]12. The number of carbonyl (C=O) groups excluding carboxylic acids is 2. The van der Waals surface area contributed by atoms with Crippen LogP contribution < -0.4 is 10.6 Å². The van der Waals surface area contributed by atoms with Crippen LogP contribution in [-0.2, 0) is 22.5 Å². The average Bonchev–Trinajstić information content (AvgIpc) is 3.54. The third-order valence-corrected chi connectivity index (χ3v) is 13.7. The van der Waals surface area contributed by atoms with Crippen LogP contribution in [0.25, 0.3) is 22.2 Å². The number of nitrogens with one attached hydrogen (secondary N) is 3. The van der Waals surface area contributed by atoms with Crippen molar-refractivity contribution < 1.29 is 18.7 Å².